The maximum atomic E-state index is 12.0. The highest BCUT2D eigenvalue weighted by atomic mass is 35.5. The second-order valence-electron chi connectivity index (χ2n) is 4.70. The monoisotopic (exact) mass is 315 g/mol. The number of nitrogen functional groups attached to an aromatic ring is 1. The number of hydrogen-bond donors (Lipinski definition) is 2. The average molecular weight is 316 g/mol. The van der Waals surface area contributed by atoms with Gasteiger partial charge < -0.3 is 20.9 Å². The van der Waals surface area contributed by atoms with E-state index in [-0.39, 0.29) is 18.3 Å². The first-order chi connectivity index (χ1) is 9.47. The number of amides is 1. The molecule has 1 aromatic heterocycles. The zero-order chi connectivity index (χ0) is 14.7. The summed E-state index contributed by atoms with van der Waals surface area (Å²) in [5, 5.41) is 3.83. The van der Waals surface area contributed by atoms with Crippen LogP contribution in [0.4, 0.5) is 10.9 Å². The number of carbonyl (C=O) groups excluding carboxylic acids is 1. The van der Waals surface area contributed by atoms with Crippen LogP contribution >= 0.6 is 22.9 Å². The van der Waals surface area contributed by atoms with Gasteiger partial charge in [0.25, 0.3) is 5.91 Å². The first-order valence-corrected chi connectivity index (χ1v) is 7.48. The number of piperazine rings is 1. The van der Waals surface area contributed by atoms with Gasteiger partial charge in [-0.2, -0.15) is 0 Å². The minimum atomic E-state index is -0.262. The molecule has 1 amide bonds. The Balaban J connectivity index is 2.05. The molecule has 0 radical (unpaired) electrons. The summed E-state index contributed by atoms with van der Waals surface area (Å²) in [5.74, 6) is 0.00351. The van der Waals surface area contributed by atoms with Crippen LogP contribution in [-0.2, 0) is 0 Å². The minimum Gasteiger partial charge on any atom is -0.382 e. The van der Waals surface area contributed by atoms with Crippen LogP contribution in [0.2, 0.25) is 0 Å². The zero-order valence-corrected chi connectivity index (χ0v) is 12.9. The summed E-state index contributed by atoms with van der Waals surface area (Å²) >= 11 is 6.94. The Hall–Kier alpha value is -1.31. The van der Waals surface area contributed by atoms with Gasteiger partial charge in [-0.15, -0.1) is 0 Å². The Labute approximate surface area is 127 Å². The summed E-state index contributed by atoms with van der Waals surface area (Å²) < 4.78 is 0. The Bertz CT molecular complexity index is 510. The quantitative estimate of drug-likeness (QED) is 0.865. The Morgan fingerprint density at radius 2 is 2.15 bits per heavy atom. The molecule has 0 atom stereocenters. The molecular formula is C12H18ClN5OS. The number of nitrogens with two attached hydrogens (primary N) is 1. The number of rotatable bonds is 4. The highest BCUT2D eigenvalue weighted by Crippen LogP contribution is 2.28. The number of thiazole rings is 1. The molecule has 2 heterocycles. The van der Waals surface area contributed by atoms with Crippen molar-refractivity contribution in [2.24, 2.45) is 0 Å². The van der Waals surface area contributed by atoms with E-state index in [2.05, 4.69) is 33.7 Å². The number of aromatic nitrogens is 1. The van der Waals surface area contributed by atoms with Crippen molar-refractivity contribution in [3.8, 4) is 0 Å². The molecule has 1 aliphatic rings. The molecule has 1 saturated heterocycles. The van der Waals surface area contributed by atoms with Crippen LogP contribution in [-0.4, -0.2) is 55.6 Å². The Morgan fingerprint density at radius 3 is 2.75 bits per heavy atom. The highest BCUT2D eigenvalue weighted by Gasteiger charge is 2.21. The largest absolute Gasteiger partial charge is 0.382 e. The third-order valence-corrected chi connectivity index (χ3v) is 4.33. The fourth-order valence-electron chi connectivity index (χ4n) is 1.87. The topological polar surface area (TPSA) is 74.5 Å². The number of halogens is 1. The molecule has 0 bridgehead atoms. The van der Waals surface area contributed by atoms with Crippen LogP contribution in [0.1, 0.15) is 9.67 Å². The van der Waals surface area contributed by atoms with E-state index in [1.165, 1.54) is 11.3 Å². The van der Waals surface area contributed by atoms with Crippen LogP contribution in [0.5, 0.6) is 0 Å². The van der Waals surface area contributed by atoms with Crippen molar-refractivity contribution >= 4 is 39.8 Å². The average Bonchev–Trinajstić information content (AvgIpc) is 2.79. The van der Waals surface area contributed by atoms with Crippen molar-refractivity contribution in [1.29, 1.82) is 0 Å². The highest BCUT2D eigenvalue weighted by molar-refractivity contribution is 7.18. The van der Waals surface area contributed by atoms with Crippen molar-refractivity contribution < 1.29 is 4.79 Å². The van der Waals surface area contributed by atoms with Gasteiger partial charge in [0.2, 0.25) is 0 Å². The summed E-state index contributed by atoms with van der Waals surface area (Å²) in [7, 11) is 2.09. The van der Waals surface area contributed by atoms with Crippen molar-refractivity contribution in [2.75, 3.05) is 50.4 Å². The number of likely N-dealkylation sites (N-methyl/N-ethyl adjacent to an activating group) is 1. The van der Waals surface area contributed by atoms with Gasteiger partial charge >= 0.3 is 0 Å². The molecule has 2 rings (SSSR count). The van der Waals surface area contributed by atoms with Crippen LogP contribution < -0.4 is 16.0 Å². The molecule has 0 aromatic carbocycles. The molecule has 1 fully saturated rings. The Morgan fingerprint density at radius 1 is 1.50 bits per heavy atom. The predicted molar refractivity (Wildman–Crippen MR) is 83.6 cm³/mol. The molecule has 0 aliphatic carbocycles. The Kier molecular flexibility index (Phi) is 4.85. The van der Waals surface area contributed by atoms with E-state index >= 15 is 0 Å². The number of hydrogen-bond acceptors (Lipinski definition) is 6. The van der Waals surface area contributed by atoms with Crippen LogP contribution in [0.25, 0.3) is 0 Å². The molecule has 6 nitrogen and oxygen atoms in total. The lowest BCUT2D eigenvalue weighted by atomic mass is 10.3. The van der Waals surface area contributed by atoms with Gasteiger partial charge in [-0.3, -0.25) is 4.79 Å². The van der Waals surface area contributed by atoms with E-state index in [1.807, 2.05) is 0 Å². The second-order valence-corrected chi connectivity index (χ2v) is 6.21. The third kappa shape index (κ3) is 3.62. The second kappa shape index (κ2) is 6.43. The molecule has 20 heavy (non-hydrogen) atoms. The van der Waals surface area contributed by atoms with E-state index in [1.54, 1.807) is 0 Å². The summed E-state index contributed by atoms with van der Waals surface area (Å²) in [4.78, 5) is 21.1. The van der Waals surface area contributed by atoms with Crippen LogP contribution in [0.3, 0.4) is 0 Å². The first-order valence-electron chi connectivity index (χ1n) is 6.28. The van der Waals surface area contributed by atoms with Crippen LogP contribution in [0.15, 0.2) is 11.6 Å². The fourth-order valence-corrected chi connectivity index (χ4v) is 2.89. The number of nitrogens with one attached hydrogen (secondary N) is 1. The van der Waals surface area contributed by atoms with Crippen molar-refractivity contribution in [1.82, 2.24) is 15.2 Å². The zero-order valence-electron chi connectivity index (χ0n) is 11.4. The van der Waals surface area contributed by atoms with E-state index in [4.69, 9.17) is 17.3 Å². The smallest absolute Gasteiger partial charge is 0.265 e. The van der Waals surface area contributed by atoms with Crippen molar-refractivity contribution in [3.05, 3.63) is 16.5 Å². The standard InChI is InChI=1S/C12H18ClN5OS/c1-8(13)7-15-11(19)9-10(14)16-12(20-9)18-5-3-17(2)4-6-18/h1,3-7,14H2,2H3,(H,15,19). The number of carbonyl (C=O) groups is 1. The SMILES string of the molecule is C=C(Cl)CNC(=O)c1sc(N2CCN(C)CC2)nc1N. The first kappa shape index (κ1) is 15.1. The maximum absolute atomic E-state index is 12.0. The predicted octanol–water partition coefficient (Wildman–Crippen LogP) is 0.959. The molecule has 1 aromatic rings. The van der Waals surface area contributed by atoms with Gasteiger partial charge in [0.05, 0.1) is 6.54 Å². The summed E-state index contributed by atoms with van der Waals surface area (Å²) in [6, 6.07) is 0. The molecule has 0 spiro atoms. The maximum Gasteiger partial charge on any atom is 0.265 e. The number of anilines is 2. The fraction of sp³-hybridized carbons (Fsp3) is 0.500. The van der Waals surface area contributed by atoms with E-state index in [0.29, 0.717) is 9.91 Å². The lowest BCUT2D eigenvalue weighted by Crippen LogP contribution is -2.44. The van der Waals surface area contributed by atoms with Gasteiger partial charge in [0.15, 0.2) is 5.13 Å². The number of nitrogens with zero attached hydrogens (tertiary/aromatic N) is 3. The minimum absolute atomic E-state index is 0.224. The van der Waals surface area contributed by atoms with Gasteiger partial charge in [0.1, 0.15) is 10.7 Å². The molecule has 0 unspecified atom stereocenters. The van der Waals surface area contributed by atoms with Crippen molar-refractivity contribution in [2.45, 2.75) is 0 Å². The summed E-state index contributed by atoms with van der Waals surface area (Å²) in [5.41, 5.74) is 5.83. The molecular weight excluding hydrogens is 298 g/mol. The van der Waals surface area contributed by atoms with E-state index in [9.17, 15) is 4.79 Å². The third-order valence-electron chi connectivity index (χ3n) is 3.06. The van der Waals surface area contributed by atoms with Crippen molar-refractivity contribution in [3.63, 3.8) is 0 Å². The lowest BCUT2D eigenvalue weighted by Gasteiger charge is -2.31. The van der Waals surface area contributed by atoms with Crippen LogP contribution in [0, 0.1) is 0 Å². The van der Waals surface area contributed by atoms with Gasteiger partial charge in [-0.1, -0.05) is 29.5 Å². The molecule has 110 valence electrons. The summed E-state index contributed by atoms with van der Waals surface area (Å²) in [6.07, 6.45) is 0. The van der Waals surface area contributed by atoms with E-state index in [0.717, 1.165) is 31.3 Å². The summed E-state index contributed by atoms with van der Waals surface area (Å²) in [6.45, 7) is 7.49. The normalized spacial score (nSPS) is 16.2. The lowest BCUT2D eigenvalue weighted by molar-refractivity contribution is 0.0962. The van der Waals surface area contributed by atoms with Gasteiger partial charge in [-0.25, -0.2) is 4.98 Å². The van der Waals surface area contributed by atoms with Gasteiger partial charge in [-0.05, 0) is 7.05 Å². The molecule has 1 aliphatic heterocycles. The molecule has 0 saturated carbocycles. The molecule has 8 heteroatoms. The molecule has 3 N–H and O–H groups in total. The van der Waals surface area contributed by atoms with Gasteiger partial charge in [0, 0.05) is 31.2 Å². The van der Waals surface area contributed by atoms with E-state index < -0.39 is 0 Å².